The summed E-state index contributed by atoms with van der Waals surface area (Å²) in [5.74, 6) is 0.785. The number of nitrogens with one attached hydrogen (secondary N) is 1. The summed E-state index contributed by atoms with van der Waals surface area (Å²) in [5.41, 5.74) is 0. The lowest BCUT2D eigenvalue weighted by Crippen LogP contribution is -2.08. The molecule has 1 N–H and O–H groups in total. The van der Waals surface area contributed by atoms with Crippen LogP contribution in [-0.2, 0) is 0 Å². The van der Waals surface area contributed by atoms with Gasteiger partial charge in [-0.1, -0.05) is 0 Å². The molecule has 4 nitrogen and oxygen atoms in total. The Bertz CT molecular complexity index is 431. The highest BCUT2D eigenvalue weighted by Gasteiger charge is 2.09. The second-order valence-corrected chi connectivity index (χ2v) is 4.74. The van der Waals surface area contributed by atoms with Crippen LogP contribution in [0.2, 0.25) is 0 Å². The highest BCUT2D eigenvalue weighted by molar-refractivity contribution is 9.10. The van der Waals surface area contributed by atoms with Crippen LogP contribution < -0.4 is 5.32 Å². The molecule has 2 rings (SSSR count). The highest BCUT2D eigenvalue weighted by Crippen LogP contribution is 2.24. The van der Waals surface area contributed by atoms with Crippen LogP contribution in [0.15, 0.2) is 28.6 Å². The van der Waals surface area contributed by atoms with Crippen LogP contribution in [0.1, 0.15) is 18.0 Å². The van der Waals surface area contributed by atoms with Gasteiger partial charge >= 0.3 is 0 Å². The molecule has 0 bridgehead atoms. The maximum absolute atomic E-state index is 4.24. The quantitative estimate of drug-likeness (QED) is 0.942. The zero-order valence-electron chi connectivity index (χ0n) is 8.01. The van der Waals surface area contributed by atoms with E-state index >= 15 is 0 Å². The van der Waals surface area contributed by atoms with Gasteiger partial charge in [-0.15, -0.1) is 11.3 Å². The van der Waals surface area contributed by atoms with Gasteiger partial charge in [-0.3, -0.25) is 0 Å². The summed E-state index contributed by atoms with van der Waals surface area (Å²) in [6, 6.07) is 0.149. The molecular formula is C9H9BrN4S. The molecule has 1 unspecified atom stereocenters. The summed E-state index contributed by atoms with van der Waals surface area (Å²) in [4.78, 5) is 12.3. The minimum Gasteiger partial charge on any atom is -0.360 e. The molecule has 78 valence electrons. The van der Waals surface area contributed by atoms with Gasteiger partial charge < -0.3 is 5.32 Å². The number of hydrogen-bond acceptors (Lipinski definition) is 5. The minimum absolute atomic E-state index is 0.149. The number of hydrogen-bond donors (Lipinski definition) is 1. The van der Waals surface area contributed by atoms with Crippen molar-refractivity contribution < 1.29 is 0 Å². The van der Waals surface area contributed by atoms with E-state index in [1.807, 2.05) is 12.3 Å². The second kappa shape index (κ2) is 4.67. The smallest absolute Gasteiger partial charge is 0.144 e. The van der Waals surface area contributed by atoms with Crippen LogP contribution in [0.5, 0.6) is 0 Å². The van der Waals surface area contributed by atoms with Crippen LogP contribution in [0.3, 0.4) is 0 Å². The fourth-order valence-corrected chi connectivity index (χ4v) is 2.11. The predicted octanol–water partition coefficient (Wildman–Crippen LogP) is 2.87. The summed E-state index contributed by atoms with van der Waals surface area (Å²) in [7, 11) is 0. The molecule has 0 radical (unpaired) electrons. The van der Waals surface area contributed by atoms with Gasteiger partial charge in [0.15, 0.2) is 0 Å². The SMILES string of the molecule is CC(Nc1ncncc1Br)c1nccs1. The molecule has 0 amide bonds. The number of nitrogens with zero attached hydrogens (tertiary/aromatic N) is 3. The third kappa shape index (κ3) is 2.51. The molecule has 0 saturated carbocycles. The lowest BCUT2D eigenvalue weighted by atomic mass is 10.3. The van der Waals surface area contributed by atoms with E-state index < -0.39 is 0 Å². The maximum Gasteiger partial charge on any atom is 0.144 e. The van der Waals surface area contributed by atoms with Crippen molar-refractivity contribution >= 4 is 33.1 Å². The molecule has 0 fully saturated rings. The number of thiazole rings is 1. The third-order valence-electron chi connectivity index (χ3n) is 1.84. The average Bonchev–Trinajstić information content (AvgIpc) is 2.74. The molecule has 1 atom stereocenters. The highest BCUT2D eigenvalue weighted by atomic mass is 79.9. The molecule has 0 aliphatic heterocycles. The van der Waals surface area contributed by atoms with Gasteiger partial charge in [-0.2, -0.15) is 0 Å². The van der Waals surface area contributed by atoms with E-state index in [4.69, 9.17) is 0 Å². The molecule has 2 heterocycles. The molecule has 0 aliphatic carbocycles. The normalized spacial score (nSPS) is 12.4. The largest absolute Gasteiger partial charge is 0.360 e. The minimum atomic E-state index is 0.149. The summed E-state index contributed by atoms with van der Waals surface area (Å²) >= 11 is 5.01. The summed E-state index contributed by atoms with van der Waals surface area (Å²) in [6.45, 7) is 2.05. The number of rotatable bonds is 3. The standard InChI is InChI=1S/C9H9BrN4S/c1-6(9-12-2-3-15-9)14-8-7(10)4-11-5-13-8/h2-6H,1H3,(H,11,13,14). The molecule has 2 aromatic heterocycles. The van der Waals surface area contributed by atoms with Crippen molar-refractivity contribution in [1.82, 2.24) is 15.0 Å². The Morgan fingerprint density at radius 3 is 3.00 bits per heavy atom. The summed E-state index contributed by atoms with van der Waals surface area (Å²) in [5, 5.41) is 6.27. The zero-order valence-corrected chi connectivity index (χ0v) is 10.4. The predicted molar refractivity (Wildman–Crippen MR) is 63.9 cm³/mol. The van der Waals surface area contributed by atoms with E-state index in [9.17, 15) is 0 Å². The number of anilines is 1. The Kier molecular flexibility index (Phi) is 3.27. The third-order valence-corrected chi connectivity index (χ3v) is 3.38. The molecule has 2 aromatic rings. The molecule has 0 saturated heterocycles. The van der Waals surface area contributed by atoms with Gasteiger partial charge in [0, 0.05) is 17.8 Å². The lowest BCUT2D eigenvalue weighted by Gasteiger charge is -2.12. The van der Waals surface area contributed by atoms with Crippen LogP contribution in [0.4, 0.5) is 5.82 Å². The van der Waals surface area contributed by atoms with Crippen molar-refractivity contribution in [3.8, 4) is 0 Å². The first-order valence-electron chi connectivity index (χ1n) is 4.39. The summed E-state index contributed by atoms with van der Waals surface area (Å²) in [6.07, 6.45) is 5.03. The first kappa shape index (κ1) is 10.5. The van der Waals surface area contributed by atoms with Gasteiger partial charge in [-0.25, -0.2) is 15.0 Å². The van der Waals surface area contributed by atoms with E-state index in [1.165, 1.54) is 6.33 Å². The molecule has 0 aliphatic rings. The van der Waals surface area contributed by atoms with Crippen LogP contribution in [0, 0.1) is 0 Å². The van der Waals surface area contributed by atoms with Crippen molar-refractivity contribution in [1.29, 1.82) is 0 Å². The monoisotopic (exact) mass is 284 g/mol. The topological polar surface area (TPSA) is 50.7 Å². The number of aromatic nitrogens is 3. The lowest BCUT2D eigenvalue weighted by molar-refractivity contribution is 0.856. The first-order chi connectivity index (χ1) is 7.27. The zero-order chi connectivity index (χ0) is 10.7. The van der Waals surface area contributed by atoms with Gasteiger partial charge in [0.25, 0.3) is 0 Å². The Balaban J connectivity index is 2.13. The van der Waals surface area contributed by atoms with Crippen LogP contribution in [-0.4, -0.2) is 15.0 Å². The van der Waals surface area contributed by atoms with Crippen molar-refractivity contribution in [2.45, 2.75) is 13.0 Å². The molecule has 0 spiro atoms. The van der Waals surface area contributed by atoms with Gasteiger partial charge in [0.1, 0.15) is 17.2 Å². The van der Waals surface area contributed by atoms with Gasteiger partial charge in [0.2, 0.25) is 0 Å². The Labute approximate surface area is 99.9 Å². The average molecular weight is 285 g/mol. The van der Waals surface area contributed by atoms with Crippen molar-refractivity contribution in [2.24, 2.45) is 0 Å². The van der Waals surface area contributed by atoms with Crippen molar-refractivity contribution in [3.05, 3.63) is 33.6 Å². The van der Waals surface area contributed by atoms with E-state index in [2.05, 4.69) is 36.2 Å². The Morgan fingerprint density at radius 2 is 2.33 bits per heavy atom. The molecule has 0 aromatic carbocycles. The van der Waals surface area contributed by atoms with E-state index in [-0.39, 0.29) is 6.04 Å². The second-order valence-electron chi connectivity index (χ2n) is 2.96. The van der Waals surface area contributed by atoms with Crippen LogP contribution in [0.25, 0.3) is 0 Å². The Morgan fingerprint density at radius 1 is 1.47 bits per heavy atom. The van der Waals surface area contributed by atoms with Crippen molar-refractivity contribution in [3.63, 3.8) is 0 Å². The van der Waals surface area contributed by atoms with Crippen LogP contribution >= 0.6 is 27.3 Å². The fourth-order valence-electron chi connectivity index (χ4n) is 1.13. The Hall–Kier alpha value is -1.01. The van der Waals surface area contributed by atoms with Crippen molar-refractivity contribution in [2.75, 3.05) is 5.32 Å². The number of halogens is 1. The fraction of sp³-hybridized carbons (Fsp3) is 0.222. The summed E-state index contributed by atoms with van der Waals surface area (Å²) < 4.78 is 0.855. The molecular weight excluding hydrogens is 276 g/mol. The van der Waals surface area contributed by atoms with E-state index in [0.717, 1.165) is 15.3 Å². The molecule has 6 heteroatoms. The van der Waals surface area contributed by atoms with Gasteiger partial charge in [0.05, 0.1) is 10.5 Å². The maximum atomic E-state index is 4.24. The molecule has 15 heavy (non-hydrogen) atoms. The van der Waals surface area contributed by atoms with Gasteiger partial charge in [-0.05, 0) is 22.9 Å². The first-order valence-corrected chi connectivity index (χ1v) is 6.06. The van der Waals surface area contributed by atoms with E-state index in [1.54, 1.807) is 23.7 Å². The van der Waals surface area contributed by atoms with E-state index in [0.29, 0.717) is 0 Å².